The molecule has 0 unspecified atom stereocenters. The van der Waals surface area contributed by atoms with Crippen LogP contribution < -0.4 is 25.0 Å². The van der Waals surface area contributed by atoms with E-state index in [1.165, 1.54) is 0 Å². The Hall–Kier alpha value is -5.57. The summed E-state index contributed by atoms with van der Waals surface area (Å²) in [4.78, 5) is 58.5. The van der Waals surface area contributed by atoms with Gasteiger partial charge in [-0.05, 0) is 110 Å². The summed E-state index contributed by atoms with van der Waals surface area (Å²) in [5.41, 5.74) is 1.23. The van der Waals surface area contributed by atoms with Crippen molar-refractivity contribution in [2.45, 2.75) is 69.1 Å². The number of hydrogen-bond donors (Lipinski definition) is 3. The van der Waals surface area contributed by atoms with E-state index in [0.29, 0.717) is 58.2 Å². The molecule has 304 valence electrons. The molecule has 14 heteroatoms. The van der Waals surface area contributed by atoms with Crippen molar-refractivity contribution in [3.8, 4) is 11.5 Å². The van der Waals surface area contributed by atoms with E-state index in [1.807, 2.05) is 19.1 Å². The molecule has 0 aliphatic carbocycles. The quantitative estimate of drug-likeness (QED) is 0.104. The molecule has 2 saturated heterocycles. The minimum Gasteiger partial charge on any atom is -0.497 e. The molecule has 1 spiro atoms. The molecule has 3 N–H and O–H groups in total. The Labute approximate surface area is 338 Å². The molecule has 0 radical (unpaired) electrons. The molecule has 3 aliphatic rings. The van der Waals surface area contributed by atoms with Gasteiger partial charge in [-0.25, -0.2) is 0 Å². The van der Waals surface area contributed by atoms with E-state index in [1.54, 1.807) is 116 Å². The van der Waals surface area contributed by atoms with Crippen LogP contribution >= 0.6 is 0 Å². The average Bonchev–Trinajstić information content (AvgIpc) is 3.88. The standard InChI is InChI=1S/C44H49FN4O8Si/c1-27-40(58(4,5)45)38(24-39(51)48-22-6-7-33(48)26-50)57-44(27)36-23-32(47-42(53)30-12-19-35(56-3)20-13-30)16-21-37(36)49(43(44)54)25-28-8-14-31(15-9-28)46-41(52)29-10-17-34(55-2)18-11-29/h8-21,23,27,33,38,40,50H,6-7,22,24-26H2,1-5H3,(H,46,52)(H,47,53)/t27-,33+,38+,40-,44+/m1/s1. The van der Waals surface area contributed by atoms with Gasteiger partial charge in [0.1, 0.15) is 11.5 Å². The maximum atomic E-state index is 16.6. The summed E-state index contributed by atoms with van der Waals surface area (Å²) in [5, 5.41) is 15.8. The van der Waals surface area contributed by atoms with Gasteiger partial charge >= 0.3 is 0 Å². The third-order valence-electron chi connectivity index (χ3n) is 11.8. The summed E-state index contributed by atoms with van der Waals surface area (Å²) in [5.74, 6) is -0.728. The first-order valence-electron chi connectivity index (χ1n) is 19.5. The normalized spacial score (nSPS) is 22.6. The van der Waals surface area contributed by atoms with Crippen LogP contribution in [0.2, 0.25) is 18.6 Å². The Bertz CT molecular complexity index is 2180. The number of aliphatic hydroxyl groups is 1. The first-order chi connectivity index (χ1) is 27.8. The number of benzene rings is 4. The summed E-state index contributed by atoms with van der Waals surface area (Å²) >= 11 is 0. The number of fused-ring (bicyclic) bond motifs is 2. The van der Waals surface area contributed by atoms with Gasteiger partial charge < -0.3 is 43.9 Å². The van der Waals surface area contributed by atoms with Gasteiger partial charge in [-0.15, -0.1) is 0 Å². The largest absolute Gasteiger partial charge is 0.497 e. The van der Waals surface area contributed by atoms with Crippen LogP contribution in [0.15, 0.2) is 91.0 Å². The number of hydrogen-bond acceptors (Lipinski definition) is 8. The Morgan fingerprint density at radius 1 is 0.879 bits per heavy atom. The van der Waals surface area contributed by atoms with Gasteiger partial charge in [-0.2, -0.15) is 0 Å². The lowest BCUT2D eigenvalue weighted by molar-refractivity contribution is -0.150. The van der Waals surface area contributed by atoms with E-state index in [9.17, 15) is 19.5 Å². The molecule has 0 saturated carbocycles. The Morgan fingerprint density at radius 2 is 1.45 bits per heavy atom. The van der Waals surface area contributed by atoms with E-state index in [0.717, 1.165) is 12.0 Å². The van der Waals surface area contributed by atoms with Crippen molar-refractivity contribution in [2.75, 3.05) is 42.9 Å². The van der Waals surface area contributed by atoms with Crippen molar-refractivity contribution >= 4 is 49.1 Å². The van der Waals surface area contributed by atoms with Crippen LogP contribution in [0.5, 0.6) is 11.5 Å². The van der Waals surface area contributed by atoms with E-state index in [-0.39, 0.29) is 43.3 Å². The van der Waals surface area contributed by atoms with Crippen LogP contribution in [0.3, 0.4) is 0 Å². The van der Waals surface area contributed by atoms with Crippen LogP contribution in [0.1, 0.15) is 58.0 Å². The second-order valence-corrected chi connectivity index (χ2v) is 19.5. The second-order valence-electron chi connectivity index (χ2n) is 15.7. The lowest BCUT2D eigenvalue weighted by atomic mass is 9.82. The third kappa shape index (κ3) is 7.71. The Morgan fingerprint density at radius 3 is 2.00 bits per heavy atom. The lowest BCUT2D eigenvalue weighted by Gasteiger charge is -2.31. The minimum atomic E-state index is -3.60. The third-order valence-corrected chi connectivity index (χ3v) is 14.2. The van der Waals surface area contributed by atoms with Gasteiger partial charge in [0, 0.05) is 46.1 Å². The number of ether oxygens (including phenoxy) is 3. The van der Waals surface area contributed by atoms with Crippen molar-refractivity contribution in [3.63, 3.8) is 0 Å². The molecule has 4 aromatic carbocycles. The van der Waals surface area contributed by atoms with Gasteiger partial charge in [-0.1, -0.05) is 19.1 Å². The monoisotopic (exact) mass is 808 g/mol. The van der Waals surface area contributed by atoms with Crippen LogP contribution in [-0.2, 0) is 26.5 Å². The highest BCUT2D eigenvalue weighted by molar-refractivity contribution is 6.72. The van der Waals surface area contributed by atoms with Crippen LogP contribution in [0.25, 0.3) is 0 Å². The zero-order valence-electron chi connectivity index (χ0n) is 33.3. The zero-order valence-corrected chi connectivity index (χ0v) is 34.3. The summed E-state index contributed by atoms with van der Waals surface area (Å²) < 4.78 is 33.9. The second kappa shape index (κ2) is 16.4. The Balaban J connectivity index is 1.20. The number of methoxy groups -OCH3 is 2. The molecule has 58 heavy (non-hydrogen) atoms. The maximum absolute atomic E-state index is 16.6. The highest BCUT2D eigenvalue weighted by Crippen LogP contribution is 2.60. The number of nitrogens with zero attached hydrogens (tertiary/aromatic N) is 2. The zero-order chi connectivity index (χ0) is 41.4. The number of aliphatic hydroxyl groups excluding tert-OH is 1. The van der Waals surface area contributed by atoms with E-state index in [2.05, 4.69) is 10.6 Å². The molecular weight excluding hydrogens is 760 g/mol. The summed E-state index contributed by atoms with van der Waals surface area (Å²) in [6, 6.07) is 25.5. The van der Waals surface area contributed by atoms with E-state index >= 15 is 8.90 Å². The number of anilines is 3. The number of carbonyl (C=O) groups is 4. The number of nitrogens with one attached hydrogen (secondary N) is 2. The molecule has 3 heterocycles. The molecule has 7 rings (SSSR count). The SMILES string of the molecule is COc1ccc(C(=O)Nc2ccc(CN3C(=O)[C@@]4(O[C@@H](CC(=O)N5CCC[C@H]5CO)[C@H]([Si](C)(C)F)[C@H]4C)c4cc(NC(=O)c5ccc(OC)cc5)ccc43)cc2)cc1. The highest BCUT2D eigenvalue weighted by atomic mass is 28.4. The summed E-state index contributed by atoms with van der Waals surface area (Å²) in [6.45, 7) is 5.45. The van der Waals surface area contributed by atoms with E-state index in [4.69, 9.17) is 14.2 Å². The predicted octanol–water partition coefficient (Wildman–Crippen LogP) is 6.90. The highest BCUT2D eigenvalue weighted by Gasteiger charge is 2.67. The fourth-order valence-electron chi connectivity index (χ4n) is 8.89. The van der Waals surface area contributed by atoms with Crippen molar-refractivity contribution < 1.29 is 42.6 Å². The number of rotatable bonds is 12. The number of carbonyl (C=O) groups excluding carboxylic acids is 4. The molecule has 4 aromatic rings. The van der Waals surface area contributed by atoms with Gasteiger partial charge in [0.05, 0.1) is 51.6 Å². The lowest BCUT2D eigenvalue weighted by Crippen LogP contribution is -2.45. The maximum Gasteiger partial charge on any atom is 0.264 e. The molecule has 12 nitrogen and oxygen atoms in total. The number of amides is 4. The van der Waals surface area contributed by atoms with Crippen molar-refractivity contribution in [2.24, 2.45) is 5.92 Å². The topological polar surface area (TPSA) is 147 Å². The van der Waals surface area contributed by atoms with Gasteiger partial charge in [0.2, 0.25) is 14.3 Å². The molecule has 5 atom stereocenters. The molecular formula is C44H49FN4O8Si. The first-order valence-corrected chi connectivity index (χ1v) is 22.5. The van der Waals surface area contributed by atoms with Crippen molar-refractivity contribution in [3.05, 3.63) is 113 Å². The molecule has 2 fully saturated rings. The average molecular weight is 809 g/mol. The predicted molar refractivity (Wildman–Crippen MR) is 220 cm³/mol. The molecule has 4 amide bonds. The van der Waals surface area contributed by atoms with Gasteiger partial charge in [0.15, 0.2) is 5.60 Å². The molecule has 0 aromatic heterocycles. The Kier molecular flexibility index (Phi) is 11.5. The number of halogens is 1. The summed E-state index contributed by atoms with van der Waals surface area (Å²) in [6.07, 6.45) is 0.408. The summed E-state index contributed by atoms with van der Waals surface area (Å²) in [7, 11) is -0.501. The number of likely N-dealkylation sites (tertiary alicyclic amines) is 1. The van der Waals surface area contributed by atoms with Gasteiger partial charge in [0.25, 0.3) is 17.7 Å². The van der Waals surface area contributed by atoms with Crippen molar-refractivity contribution in [1.82, 2.24) is 4.90 Å². The van der Waals surface area contributed by atoms with Gasteiger partial charge in [-0.3, -0.25) is 19.2 Å². The van der Waals surface area contributed by atoms with Crippen LogP contribution in [0, 0.1) is 5.92 Å². The fraction of sp³-hybridized carbons (Fsp3) is 0.364. The first kappa shape index (κ1) is 40.6. The fourth-order valence-corrected chi connectivity index (χ4v) is 11.4. The minimum absolute atomic E-state index is 0.130. The molecule has 0 bridgehead atoms. The van der Waals surface area contributed by atoms with Crippen LogP contribution in [0.4, 0.5) is 21.2 Å². The van der Waals surface area contributed by atoms with Crippen molar-refractivity contribution in [1.29, 1.82) is 0 Å². The molecule has 3 aliphatic heterocycles. The van der Waals surface area contributed by atoms with Crippen LogP contribution in [-0.4, -0.2) is 81.6 Å². The van der Waals surface area contributed by atoms with E-state index < -0.39 is 37.5 Å². The smallest absolute Gasteiger partial charge is 0.264 e.